The topological polar surface area (TPSA) is 70.7 Å². The zero-order valence-electron chi connectivity index (χ0n) is 16.7. The van der Waals surface area contributed by atoms with Gasteiger partial charge in [-0.15, -0.1) is 0 Å². The highest BCUT2D eigenvalue weighted by Gasteiger charge is 2.23. The third-order valence-corrected chi connectivity index (χ3v) is 4.74. The molecule has 2 aromatic rings. The van der Waals surface area contributed by atoms with Crippen LogP contribution in [0.4, 0.5) is 10.1 Å². The molecule has 2 rings (SSSR count). The summed E-state index contributed by atoms with van der Waals surface area (Å²) < 4.78 is 18.2. The number of halogens is 2. The van der Waals surface area contributed by atoms with Crippen molar-refractivity contribution >= 4 is 29.1 Å². The number of hydrogen-bond acceptors (Lipinski definition) is 4. The number of likely N-dealkylation sites (N-methyl/N-ethyl adjacent to an activating group) is 1. The summed E-state index contributed by atoms with van der Waals surface area (Å²) in [6, 6.07) is 10.3. The largest absolute Gasteiger partial charge is 0.495 e. The van der Waals surface area contributed by atoms with Gasteiger partial charge in [-0.05, 0) is 49.4 Å². The summed E-state index contributed by atoms with van der Waals surface area (Å²) in [5.41, 5.74) is 1.26. The summed E-state index contributed by atoms with van der Waals surface area (Å²) in [6.45, 7) is 4.45. The standard InChI is InChI=1S/C21H25ClFN3O3/c1-4-26(13-20(27)24-12-15-5-8-17(23)9-6-15)14(2)21(28)25-18-11-16(22)7-10-19(18)29-3/h5-11,14H,4,12-13H2,1-3H3,(H,24,27)(H,25,28). The van der Waals surface area contributed by atoms with Crippen LogP contribution >= 0.6 is 11.6 Å². The molecule has 0 saturated heterocycles. The Hall–Kier alpha value is -2.64. The highest BCUT2D eigenvalue weighted by Crippen LogP contribution is 2.27. The summed E-state index contributed by atoms with van der Waals surface area (Å²) >= 11 is 6.00. The third kappa shape index (κ3) is 6.73. The number of anilines is 1. The van der Waals surface area contributed by atoms with E-state index in [-0.39, 0.29) is 30.7 Å². The van der Waals surface area contributed by atoms with Gasteiger partial charge in [-0.25, -0.2) is 4.39 Å². The van der Waals surface area contributed by atoms with Crippen molar-refractivity contribution in [3.63, 3.8) is 0 Å². The van der Waals surface area contributed by atoms with Crippen LogP contribution in [0.2, 0.25) is 5.02 Å². The molecule has 0 fully saturated rings. The van der Waals surface area contributed by atoms with Crippen molar-refractivity contribution in [1.82, 2.24) is 10.2 Å². The maximum atomic E-state index is 12.9. The lowest BCUT2D eigenvalue weighted by Gasteiger charge is -2.26. The van der Waals surface area contributed by atoms with Crippen molar-refractivity contribution < 1.29 is 18.7 Å². The van der Waals surface area contributed by atoms with Gasteiger partial charge in [0.15, 0.2) is 0 Å². The highest BCUT2D eigenvalue weighted by molar-refractivity contribution is 6.31. The van der Waals surface area contributed by atoms with Crippen LogP contribution in [0.1, 0.15) is 19.4 Å². The summed E-state index contributed by atoms with van der Waals surface area (Å²) in [7, 11) is 1.51. The molecule has 0 aliphatic heterocycles. The first-order valence-electron chi connectivity index (χ1n) is 9.23. The third-order valence-electron chi connectivity index (χ3n) is 4.50. The number of amides is 2. The molecule has 0 bridgehead atoms. The van der Waals surface area contributed by atoms with E-state index in [1.807, 2.05) is 6.92 Å². The minimum atomic E-state index is -0.555. The molecule has 0 heterocycles. The van der Waals surface area contributed by atoms with Crippen molar-refractivity contribution in [1.29, 1.82) is 0 Å². The van der Waals surface area contributed by atoms with E-state index in [1.54, 1.807) is 42.2 Å². The first-order chi connectivity index (χ1) is 13.8. The fourth-order valence-corrected chi connectivity index (χ4v) is 2.92. The van der Waals surface area contributed by atoms with E-state index in [2.05, 4.69) is 10.6 Å². The Labute approximate surface area is 175 Å². The lowest BCUT2D eigenvalue weighted by Crippen LogP contribution is -2.46. The van der Waals surface area contributed by atoms with Crippen LogP contribution in [-0.4, -0.2) is 43.0 Å². The normalized spacial score (nSPS) is 11.8. The molecule has 2 aromatic carbocycles. The van der Waals surface area contributed by atoms with Gasteiger partial charge in [-0.3, -0.25) is 14.5 Å². The van der Waals surface area contributed by atoms with Crippen molar-refractivity contribution in [3.05, 3.63) is 58.9 Å². The fourth-order valence-electron chi connectivity index (χ4n) is 2.75. The van der Waals surface area contributed by atoms with E-state index in [0.717, 1.165) is 5.56 Å². The Morgan fingerprint density at radius 3 is 2.52 bits per heavy atom. The number of benzene rings is 2. The predicted molar refractivity (Wildman–Crippen MR) is 112 cm³/mol. The molecule has 156 valence electrons. The minimum Gasteiger partial charge on any atom is -0.495 e. The molecular weight excluding hydrogens is 397 g/mol. The first-order valence-corrected chi connectivity index (χ1v) is 9.61. The molecule has 1 unspecified atom stereocenters. The number of carbonyl (C=O) groups is 2. The molecule has 2 N–H and O–H groups in total. The second kappa shape index (κ2) is 10.8. The molecule has 6 nitrogen and oxygen atoms in total. The van der Waals surface area contributed by atoms with E-state index in [0.29, 0.717) is 23.0 Å². The summed E-state index contributed by atoms with van der Waals surface area (Å²) in [6.07, 6.45) is 0. The van der Waals surface area contributed by atoms with Crippen LogP contribution in [0.25, 0.3) is 0 Å². The number of nitrogens with zero attached hydrogens (tertiary/aromatic N) is 1. The van der Waals surface area contributed by atoms with Crippen molar-refractivity contribution in [2.75, 3.05) is 25.5 Å². The van der Waals surface area contributed by atoms with E-state index >= 15 is 0 Å². The van der Waals surface area contributed by atoms with E-state index in [1.165, 1.54) is 19.2 Å². The van der Waals surface area contributed by atoms with Crippen molar-refractivity contribution in [3.8, 4) is 5.75 Å². The predicted octanol–water partition coefficient (Wildman–Crippen LogP) is 3.45. The number of methoxy groups -OCH3 is 1. The van der Waals surface area contributed by atoms with Gasteiger partial charge < -0.3 is 15.4 Å². The van der Waals surface area contributed by atoms with Crippen LogP contribution in [0.15, 0.2) is 42.5 Å². The Bertz CT molecular complexity index is 846. The number of nitrogens with one attached hydrogen (secondary N) is 2. The Balaban J connectivity index is 1.93. The van der Waals surface area contributed by atoms with Crippen LogP contribution in [0, 0.1) is 5.82 Å². The van der Waals surface area contributed by atoms with Gasteiger partial charge in [0.25, 0.3) is 0 Å². The van der Waals surface area contributed by atoms with Crippen LogP contribution in [-0.2, 0) is 16.1 Å². The highest BCUT2D eigenvalue weighted by atomic mass is 35.5. The number of rotatable bonds is 9. The monoisotopic (exact) mass is 421 g/mol. The lowest BCUT2D eigenvalue weighted by molar-refractivity contribution is -0.125. The van der Waals surface area contributed by atoms with Gasteiger partial charge in [0.2, 0.25) is 11.8 Å². The van der Waals surface area contributed by atoms with Gasteiger partial charge in [0.1, 0.15) is 11.6 Å². The van der Waals surface area contributed by atoms with Gasteiger partial charge in [-0.2, -0.15) is 0 Å². The van der Waals surface area contributed by atoms with Gasteiger partial charge in [0.05, 0.1) is 25.4 Å². The molecule has 0 radical (unpaired) electrons. The Kier molecular flexibility index (Phi) is 8.42. The maximum Gasteiger partial charge on any atom is 0.241 e. The summed E-state index contributed by atoms with van der Waals surface area (Å²) in [5, 5.41) is 6.05. The second-order valence-corrected chi connectivity index (χ2v) is 6.91. The molecule has 0 spiro atoms. The molecule has 0 saturated carbocycles. The lowest BCUT2D eigenvalue weighted by atomic mass is 10.2. The molecular formula is C21H25ClFN3O3. The van der Waals surface area contributed by atoms with Crippen LogP contribution in [0.5, 0.6) is 5.75 Å². The quantitative estimate of drug-likeness (QED) is 0.650. The van der Waals surface area contributed by atoms with E-state index in [4.69, 9.17) is 16.3 Å². The van der Waals surface area contributed by atoms with Crippen molar-refractivity contribution in [2.24, 2.45) is 0 Å². The second-order valence-electron chi connectivity index (χ2n) is 6.48. The zero-order valence-corrected chi connectivity index (χ0v) is 17.4. The molecule has 8 heteroatoms. The average molecular weight is 422 g/mol. The van der Waals surface area contributed by atoms with Crippen LogP contribution < -0.4 is 15.4 Å². The summed E-state index contributed by atoms with van der Waals surface area (Å²) in [5.74, 6) is -0.335. The van der Waals surface area contributed by atoms with Gasteiger partial charge in [-0.1, -0.05) is 30.7 Å². The molecule has 2 amide bonds. The number of carbonyl (C=O) groups excluding carboxylic acids is 2. The molecule has 0 aliphatic rings. The Morgan fingerprint density at radius 2 is 1.90 bits per heavy atom. The molecule has 29 heavy (non-hydrogen) atoms. The molecule has 0 aliphatic carbocycles. The zero-order chi connectivity index (χ0) is 21.4. The molecule has 0 aromatic heterocycles. The van der Waals surface area contributed by atoms with Gasteiger partial charge in [0, 0.05) is 11.6 Å². The van der Waals surface area contributed by atoms with E-state index < -0.39 is 6.04 Å². The SMILES string of the molecule is CCN(CC(=O)NCc1ccc(F)cc1)C(C)C(=O)Nc1cc(Cl)ccc1OC. The van der Waals surface area contributed by atoms with Gasteiger partial charge >= 0.3 is 0 Å². The smallest absolute Gasteiger partial charge is 0.241 e. The fraction of sp³-hybridized carbons (Fsp3) is 0.333. The minimum absolute atomic E-state index is 0.0545. The Morgan fingerprint density at radius 1 is 1.21 bits per heavy atom. The number of hydrogen-bond donors (Lipinski definition) is 2. The first kappa shape index (κ1) is 22.6. The average Bonchev–Trinajstić information content (AvgIpc) is 2.71. The van der Waals surface area contributed by atoms with Crippen molar-refractivity contribution in [2.45, 2.75) is 26.4 Å². The summed E-state index contributed by atoms with van der Waals surface area (Å²) in [4.78, 5) is 26.7. The van der Waals surface area contributed by atoms with Crippen LogP contribution in [0.3, 0.4) is 0 Å². The number of ether oxygens (including phenoxy) is 1. The van der Waals surface area contributed by atoms with E-state index in [9.17, 15) is 14.0 Å². The maximum absolute atomic E-state index is 12.9. The molecule has 1 atom stereocenters.